The zero-order valence-electron chi connectivity index (χ0n) is 17.2. The number of amides is 1. The number of nitrogen functional groups attached to an aromatic ring is 1. The Kier molecular flexibility index (Phi) is 5.65. The molecule has 0 atom stereocenters. The van der Waals surface area contributed by atoms with E-state index in [0.717, 1.165) is 6.07 Å². The second-order valence-corrected chi connectivity index (χ2v) is 6.92. The summed E-state index contributed by atoms with van der Waals surface area (Å²) in [4.78, 5) is 29.6. The smallest absolute Gasteiger partial charge is 0.256 e. The molecule has 4 rings (SSSR count). The van der Waals surface area contributed by atoms with E-state index >= 15 is 0 Å². The van der Waals surface area contributed by atoms with Gasteiger partial charge < -0.3 is 15.7 Å². The molecule has 11 heteroatoms. The molecule has 0 saturated heterocycles. The number of benzene rings is 1. The van der Waals surface area contributed by atoms with Crippen LogP contribution < -0.4 is 10.6 Å². The number of hydrogen-bond acceptors (Lipinski definition) is 7. The van der Waals surface area contributed by atoms with Gasteiger partial charge in [0.2, 0.25) is 5.70 Å². The van der Waals surface area contributed by atoms with Crippen molar-refractivity contribution in [1.29, 1.82) is 0 Å². The monoisotopic (exact) mass is 444 g/mol. The van der Waals surface area contributed by atoms with Crippen LogP contribution in [-0.4, -0.2) is 42.3 Å². The average molecular weight is 444 g/mol. The fraction of sp³-hybridized carbons (Fsp3) is 0.0909. The number of nitrogens with two attached hydrogens (primary N) is 1. The number of hydrogen-bond donors (Lipinski definition) is 2. The maximum Gasteiger partial charge on any atom is 0.256 e. The Morgan fingerprint density at radius 1 is 1.33 bits per heavy atom. The van der Waals surface area contributed by atoms with Gasteiger partial charge in [-0.1, -0.05) is 6.58 Å². The average Bonchev–Trinajstić information content (AvgIpc) is 3.21. The van der Waals surface area contributed by atoms with Gasteiger partial charge in [0.1, 0.15) is 17.8 Å². The number of anilines is 2. The molecule has 3 aromatic heterocycles. The van der Waals surface area contributed by atoms with Crippen LogP contribution in [0.3, 0.4) is 0 Å². The molecule has 0 saturated carbocycles. The van der Waals surface area contributed by atoms with Crippen molar-refractivity contribution in [2.75, 3.05) is 17.2 Å². The lowest BCUT2D eigenvalue weighted by molar-refractivity contribution is -0.114. The van der Waals surface area contributed by atoms with Crippen molar-refractivity contribution in [1.82, 2.24) is 24.7 Å². The summed E-state index contributed by atoms with van der Waals surface area (Å²) in [6.07, 6.45) is 4.36. The molecule has 0 bridgehead atoms. The fourth-order valence-electron chi connectivity index (χ4n) is 3.31. The first-order valence-electron chi connectivity index (χ1n) is 9.65. The van der Waals surface area contributed by atoms with Gasteiger partial charge in [0.15, 0.2) is 17.2 Å². The van der Waals surface area contributed by atoms with Crippen molar-refractivity contribution in [2.24, 2.45) is 0 Å². The molecule has 3 heterocycles. The maximum absolute atomic E-state index is 13.6. The Labute approximate surface area is 187 Å². The van der Waals surface area contributed by atoms with Crippen LogP contribution in [0.5, 0.6) is 5.75 Å². The Morgan fingerprint density at radius 2 is 2.15 bits per heavy atom. The molecule has 33 heavy (non-hydrogen) atoms. The Bertz CT molecular complexity index is 1410. The molecule has 3 N–H and O–H groups in total. The van der Waals surface area contributed by atoms with Gasteiger partial charge in [-0.2, -0.15) is 5.10 Å². The Morgan fingerprint density at radius 3 is 2.85 bits per heavy atom. The van der Waals surface area contributed by atoms with Gasteiger partial charge in [-0.25, -0.2) is 23.9 Å². The highest BCUT2D eigenvalue weighted by molar-refractivity contribution is 6.06. The molecule has 0 unspecified atom stereocenters. The second-order valence-electron chi connectivity index (χ2n) is 6.92. The second kappa shape index (κ2) is 8.72. The van der Waals surface area contributed by atoms with Gasteiger partial charge in [-0.05, 0) is 30.3 Å². The summed E-state index contributed by atoms with van der Waals surface area (Å²) in [7, 11) is 0. The third kappa shape index (κ3) is 4.05. The highest BCUT2D eigenvalue weighted by Crippen LogP contribution is 2.32. The van der Waals surface area contributed by atoms with Crippen LogP contribution in [0.25, 0.3) is 27.1 Å². The number of phenolic OH excluding ortho intramolecular Hbond substituents is 1. The third-order valence-corrected chi connectivity index (χ3v) is 4.90. The van der Waals surface area contributed by atoms with Gasteiger partial charge in [0, 0.05) is 18.3 Å². The summed E-state index contributed by atoms with van der Waals surface area (Å²) in [6, 6.07) is 7.18. The molecular weight excluding hydrogens is 427 g/mol. The summed E-state index contributed by atoms with van der Waals surface area (Å²) < 4.78 is 15.1. The van der Waals surface area contributed by atoms with Crippen LogP contribution in [0.1, 0.15) is 0 Å². The molecule has 0 aliphatic rings. The Balaban J connectivity index is 1.75. The highest BCUT2D eigenvalue weighted by Gasteiger charge is 2.22. The summed E-state index contributed by atoms with van der Waals surface area (Å²) >= 11 is 0. The summed E-state index contributed by atoms with van der Waals surface area (Å²) in [5, 5.41) is 14.8. The van der Waals surface area contributed by atoms with E-state index in [1.165, 1.54) is 34.2 Å². The first-order chi connectivity index (χ1) is 15.9. The summed E-state index contributed by atoms with van der Waals surface area (Å²) in [5.74, 6) is -1.70. The SMILES string of the molecule is [C-]#[N+]C(=C)C(=O)N(CCn1nc(-c2ccc(F)c(O)c2)c2c(N)ncnc21)c1cccnc1. The molecule has 0 aliphatic heterocycles. The highest BCUT2D eigenvalue weighted by atomic mass is 19.1. The molecule has 164 valence electrons. The van der Waals surface area contributed by atoms with Crippen LogP contribution in [0.15, 0.2) is 61.3 Å². The van der Waals surface area contributed by atoms with E-state index in [2.05, 4.69) is 31.5 Å². The van der Waals surface area contributed by atoms with Crippen molar-refractivity contribution in [3.8, 4) is 17.0 Å². The number of rotatable bonds is 6. The predicted octanol–water partition coefficient (Wildman–Crippen LogP) is 2.78. The molecule has 1 amide bonds. The molecule has 10 nitrogen and oxygen atoms in total. The molecule has 0 radical (unpaired) electrons. The van der Waals surface area contributed by atoms with Crippen LogP contribution in [0, 0.1) is 12.4 Å². The van der Waals surface area contributed by atoms with Crippen LogP contribution in [-0.2, 0) is 11.3 Å². The number of fused-ring (bicyclic) bond motifs is 1. The van der Waals surface area contributed by atoms with Crippen molar-refractivity contribution < 1.29 is 14.3 Å². The standard InChI is InChI=1S/C22H17FN8O2/c1-13(25-2)22(33)30(15-4-3-7-26-11-15)8-9-31-21-18(20(24)27-12-28-21)19(29-31)14-5-6-16(23)17(32)10-14/h3-7,10-12,32H,1,8-9H2,(H2,24,27,28). The van der Waals surface area contributed by atoms with E-state index in [-0.39, 0.29) is 24.6 Å². The first-order valence-corrected chi connectivity index (χ1v) is 9.65. The van der Waals surface area contributed by atoms with Gasteiger partial charge in [0.25, 0.3) is 5.91 Å². The minimum Gasteiger partial charge on any atom is -0.505 e. The predicted molar refractivity (Wildman–Crippen MR) is 119 cm³/mol. The van der Waals surface area contributed by atoms with Crippen molar-refractivity contribution >= 4 is 28.4 Å². The number of aromatic hydroxyl groups is 1. The minimum atomic E-state index is -0.766. The van der Waals surface area contributed by atoms with E-state index < -0.39 is 17.5 Å². The molecule has 0 aliphatic carbocycles. The third-order valence-electron chi connectivity index (χ3n) is 4.90. The lowest BCUT2D eigenvalue weighted by Gasteiger charge is -2.22. The van der Waals surface area contributed by atoms with E-state index in [9.17, 15) is 14.3 Å². The number of pyridine rings is 1. The van der Waals surface area contributed by atoms with Crippen LogP contribution >= 0.6 is 0 Å². The molecular formula is C22H17FN8O2. The molecule has 0 fully saturated rings. The number of nitrogens with zero attached hydrogens (tertiary/aromatic N) is 7. The quantitative estimate of drug-likeness (QED) is 0.346. The van der Waals surface area contributed by atoms with E-state index in [0.29, 0.717) is 28.0 Å². The van der Waals surface area contributed by atoms with E-state index in [4.69, 9.17) is 12.3 Å². The number of carbonyl (C=O) groups is 1. The zero-order valence-corrected chi connectivity index (χ0v) is 17.2. The van der Waals surface area contributed by atoms with Crippen LogP contribution in [0.4, 0.5) is 15.9 Å². The lowest BCUT2D eigenvalue weighted by Crippen LogP contribution is -2.34. The number of aromatic nitrogens is 5. The van der Waals surface area contributed by atoms with Crippen LogP contribution in [0.2, 0.25) is 0 Å². The number of halogens is 1. The van der Waals surface area contributed by atoms with Crippen molar-refractivity contribution in [2.45, 2.75) is 6.54 Å². The number of phenols is 1. The summed E-state index contributed by atoms with van der Waals surface area (Å²) in [6.45, 7) is 10.9. The summed E-state index contributed by atoms with van der Waals surface area (Å²) in [5.41, 5.74) is 7.48. The first kappa shape index (κ1) is 21.4. The fourth-order valence-corrected chi connectivity index (χ4v) is 3.31. The molecule has 1 aromatic carbocycles. The van der Waals surface area contributed by atoms with E-state index in [1.807, 2.05) is 0 Å². The van der Waals surface area contributed by atoms with Crippen molar-refractivity contribution in [3.05, 3.63) is 78.6 Å². The normalized spacial score (nSPS) is 10.7. The largest absolute Gasteiger partial charge is 0.505 e. The van der Waals surface area contributed by atoms with Crippen molar-refractivity contribution in [3.63, 3.8) is 0 Å². The van der Waals surface area contributed by atoms with E-state index in [1.54, 1.807) is 18.3 Å². The topological polar surface area (TPSA) is 127 Å². The lowest BCUT2D eigenvalue weighted by atomic mass is 10.1. The maximum atomic E-state index is 13.6. The van der Waals surface area contributed by atoms with Gasteiger partial charge in [-0.15, -0.1) is 0 Å². The zero-order chi connectivity index (χ0) is 23.5. The van der Waals surface area contributed by atoms with Gasteiger partial charge in [-0.3, -0.25) is 9.78 Å². The Hall–Kier alpha value is -4.85. The number of carbonyl (C=O) groups excluding carboxylic acids is 1. The van der Waals surface area contributed by atoms with Gasteiger partial charge >= 0.3 is 0 Å². The minimum absolute atomic E-state index is 0.119. The molecule has 0 spiro atoms. The molecule has 4 aromatic rings. The van der Waals surface area contributed by atoms with Gasteiger partial charge in [0.05, 0.1) is 30.4 Å².